The van der Waals surface area contributed by atoms with Crippen LogP contribution >= 0.6 is 18.4 Å². The minimum absolute atomic E-state index is 0.343. The molecule has 0 aliphatic rings. The van der Waals surface area contributed by atoms with Gasteiger partial charge in [-0.1, -0.05) is 18.2 Å². The Kier molecular flexibility index (Phi) is 5.76. The SMILES string of the molecule is CC(C)OC(=O)C(N)(/C=[P+](\[O-])Cl)Oc1ccccc1. The number of hydrogen-bond acceptors (Lipinski definition) is 5. The summed E-state index contributed by atoms with van der Waals surface area (Å²) in [6, 6.07) is 8.43. The van der Waals surface area contributed by atoms with Crippen LogP contribution in [0.4, 0.5) is 0 Å². The molecule has 0 bridgehead atoms. The lowest BCUT2D eigenvalue weighted by Gasteiger charge is -2.24. The zero-order chi connectivity index (χ0) is 14.5. The molecule has 0 radical (unpaired) electrons. The molecule has 7 heteroatoms. The summed E-state index contributed by atoms with van der Waals surface area (Å²) in [4.78, 5) is 23.1. The molecule has 5 nitrogen and oxygen atoms in total. The third kappa shape index (κ3) is 5.17. The van der Waals surface area contributed by atoms with Gasteiger partial charge in [0, 0.05) is 0 Å². The molecule has 0 aliphatic heterocycles. The summed E-state index contributed by atoms with van der Waals surface area (Å²) in [7, 11) is -2.30. The van der Waals surface area contributed by atoms with Crippen molar-refractivity contribution in [3.05, 3.63) is 30.3 Å². The highest BCUT2D eigenvalue weighted by Gasteiger charge is 2.40. The molecule has 0 fully saturated rings. The van der Waals surface area contributed by atoms with Crippen molar-refractivity contribution < 1.29 is 19.2 Å². The second kappa shape index (κ2) is 6.87. The van der Waals surface area contributed by atoms with E-state index in [2.05, 4.69) is 0 Å². The van der Waals surface area contributed by atoms with Crippen molar-refractivity contribution in [1.82, 2.24) is 0 Å². The molecule has 1 aromatic rings. The Bertz CT molecular complexity index is 462. The fourth-order valence-electron chi connectivity index (χ4n) is 1.26. The molecule has 0 spiro atoms. The average molecular weight is 304 g/mol. The van der Waals surface area contributed by atoms with E-state index in [1.165, 1.54) is 0 Å². The summed E-state index contributed by atoms with van der Waals surface area (Å²) in [5.41, 5.74) is 3.82. The highest BCUT2D eigenvalue weighted by atomic mass is 35.7. The summed E-state index contributed by atoms with van der Waals surface area (Å²) in [6.07, 6.45) is -0.378. The molecule has 19 heavy (non-hydrogen) atoms. The van der Waals surface area contributed by atoms with Crippen LogP contribution < -0.4 is 15.4 Å². The van der Waals surface area contributed by atoms with Gasteiger partial charge in [-0.15, -0.1) is 0 Å². The monoisotopic (exact) mass is 303 g/mol. The van der Waals surface area contributed by atoms with Gasteiger partial charge in [-0.3, -0.25) is 5.73 Å². The fourth-order valence-corrected chi connectivity index (χ4v) is 2.16. The molecule has 1 aromatic carbocycles. The van der Waals surface area contributed by atoms with Crippen LogP contribution in [0.1, 0.15) is 13.8 Å². The van der Waals surface area contributed by atoms with Gasteiger partial charge in [0.1, 0.15) is 5.75 Å². The van der Waals surface area contributed by atoms with E-state index in [-0.39, 0.29) is 6.10 Å². The Hall–Kier alpha value is -1.13. The molecule has 1 rings (SSSR count). The smallest absolute Gasteiger partial charge is 0.375 e. The van der Waals surface area contributed by atoms with Gasteiger partial charge in [-0.25, -0.2) is 4.79 Å². The molecule has 0 amide bonds. The van der Waals surface area contributed by atoms with Gasteiger partial charge >= 0.3 is 11.7 Å². The predicted molar refractivity (Wildman–Crippen MR) is 74.1 cm³/mol. The number of carbonyl (C=O) groups is 1. The first-order valence-corrected chi connectivity index (χ1v) is 7.79. The van der Waals surface area contributed by atoms with Crippen molar-refractivity contribution in [2.24, 2.45) is 5.73 Å². The molecular weight excluding hydrogens is 289 g/mol. The number of para-hydroxylation sites is 1. The van der Waals surface area contributed by atoms with E-state index < -0.39 is 18.8 Å². The van der Waals surface area contributed by atoms with Gasteiger partial charge < -0.3 is 14.4 Å². The topological polar surface area (TPSA) is 84.6 Å². The zero-order valence-electron chi connectivity index (χ0n) is 10.6. The van der Waals surface area contributed by atoms with Crippen LogP contribution in [0, 0.1) is 0 Å². The molecule has 104 valence electrons. The maximum Gasteiger partial charge on any atom is 0.375 e. The lowest BCUT2D eigenvalue weighted by atomic mass is 10.2. The van der Waals surface area contributed by atoms with Crippen molar-refractivity contribution in [1.29, 1.82) is 0 Å². The lowest BCUT2D eigenvalue weighted by molar-refractivity contribution is -0.160. The quantitative estimate of drug-likeness (QED) is 0.505. The molecule has 2 unspecified atom stereocenters. The Morgan fingerprint density at radius 2 is 2.05 bits per heavy atom. The predicted octanol–water partition coefficient (Wildman–Crippen LogP) is 1.39. The number of halogens is 1. The summed E-state index contributed by atoms with van der Waals surface area (Å²) < 4.78 is 10.3. The second-order valence-electron chi connectivity index (χ2n) is 4.06. The Labute approximate surface area is 117 Å². The van der Waals surface area contributed by atoms with Crippen LogP contribution in [-0.2, 0) is 9.53 Å². The van der Waals surface area contributed by atoms with Crippen LogP contribution in [-0.4, -0.2) is 23.6 Å². The van der Waals surface area contributed by atoms with Gasteiger partial charge in [-0.2, -0.15) is 0 Å². The highest BCUT2D eigenvalue weighted by Crippen LogP contribution is 2.22. The van der Waals surface area contributed by atoms with Crippen molar-refractivity contribution in [3.8, 4) is 5.75 Å². The summed E-state index contributed by atoms with van der Waals surface area (Å²) in [6.45, 7) is 3.34. The number of benzene rings is 1. The summed E-state index contributed by atoms with van der Waals surface area (Å²) >= 11 is 5.39. The van der Waals surface area contributed by atoms with E-state index >= 15 is 0 Å². The van der Waals surface area contributed by atoms with Crippen LogP contribution in [0.25, 0.3) is 0 Å². The minimum atomic E-state index is -2.30. The van der Waals surface area contributed by atoms with Crippen molar-refractivity contribution >= 4 is 30.1 Å². The molecular formula is C12H15ClNO4P. The first-order chi connectivity index (χ1) is 8.83. The zero-order valence-corrected chi connectivity index (χ0v) is 12.2. The molecule has 2 atom stereocenters. The molecule has 0 saturated carbocycles. The van der Waals surface area contributed by atoms with Crippen molar-refractivity contribution in [2.45, 2.75) is 25.7 Å². The first-order valence-electron chi connectivity index (χ1n) is 5.55. The van der Waals surface area contributed by atoms with E-state index in [0.717, 1.165) is 5.80 Å². The largest absolute Gasteiger partial charge is 0.615 e. The Morgan fingerprint density at radius 1 is 1.47 bits per heavy atom. The van der Waals surface area contributed by atoms with E-state index in [4.69, 9.17) is 26.4 Å². The number of esters is 1. The number of nitrogens with two attached hydrogens (primary N) is 1. The van der Waals surface area contributed by atoms with Crippen LogP contribution in [0.5, 0.6) is 5.75 Å². The fraction of sp³-hybridized carbons (Fsp3) is 0.333. The number of ether oxygens (including phenoxy) is 2. The first kappa shape index (κ1) is 15.9. The van der Waals surface area contributed by atoms with E-state index in [9.17, 15) is 9.69 Å². The van der Waals surface area contributed by atoms with Crippen LogP contribution in [0.15, 0.2) is 30.3 Å². The molecule has 0 aromatic heterocycles. The third-order valence-electron chi connectivity index (χ3n) is 1.99. The molecule has 2 N–H and O–H groups in total. The third-order valence-corrected chi connectivity index (χ3v) is 2.86. The summed E-state index contributed by atoms with van der Waals surface area (Å²) in [5, 5.41) is 0. The van der Waals surface area contributed by atoms with Gasteiger partial charge in [0.05, 0.1) is 6.10 Å². The van der Waals surface area contributed by atoms with E-state index in [1.54, 1.807) is 44.2 Å². The average Bonchev–Trinajstić information content (AvgIpc) is 2.28. The van der Waals surface area contributed by atoms with E-state index in [1.807, 2.05) is 0 Å². The lowest BCUT2D eigenvalue weighted by Crippen LogP contribution is -2.56. The molecule has 0 heterocycles. The highest BCUT2D eigenvalue weighted by molar-refractivity contribution is 7.77. The Morgan fingerprint density at radius 3 is 2.53 bits per heavy atom. The maximum absolute atomic E-state index is 11.9. The van der Waals surface area contributed by atoms with Gasteiger partial charge in [0.25, 0.3) is 0 Å². The number of rotatable bonds is 5. The Balaban J connectivity index is 3.00. The van der Waals surface area contributed by atoms with E-state index in [0.29, 0.717) is 5.75 Å². The second-order valence-corrected chi connectivity index (χ2v) is 5.87. The van der Waals surface area contributed by atoms with Crippen LogP contribution in [0.2, 0.25) is 0 Å². The van der Waals surface area contributed by atoms with Gasteiger partial charge in [-0.05, 0) is 26.0 Å². The molecule has 0 saturated heterocycles. The van der Waals surface area contributed by atoms with Gasteiger partial charge in [0.2, 0.25) is 0 Å². The maximum atomic E-state index is 11.9. The van der Waals surface area contributed by atoms with Crippen LogP contribution in [0.3, 0.4) is 0 Å². The summed E-state index contributed by atoms with van der Waals surface area (Å²) in [5.74, 6) is 0.410. The van der Waals surface area contributed by atoms with Crippen molar-refractivity contribution in [2.75, 3.05) is 0 Å². The number of hydrogen-bond donors (Lipinski definition) is 1. The molecule has 0 aliphatic carbocycles. The normalized spacial score (nSPS) is 14.9. The van der Waals surface area contributed by atoms with Crippen molar-refractivity contribution in [3.63, 3.8) is 0 Å². The number of carbonyl (C=O) groups excluding carboxylic acids is 1. The standard InChI is InChI=1S/C12H15ClNO4P/c1-9(2)17-11(15)12(14,8-19(13)16)18-10-6-4-3-5-7-10/h3-9H,14H2,1-2H3. The van der Waals surface area contributed by atoms with Gasteiger partial charge in [0.15, 0.2) is 24.2 Å². The minimum Gasteiger partial charge on any atom is -0.615 e.